The Hall–Kier alpha value is -3.22. The molecule has 2 amide bonds. The molecule has 7 nitrogen and oxygen atoms in total. The van der Waals surface area contributed by atoms with E-state index >= 15 is 0 Å². The number of para-hydroxylation sites is 1. The van der Waals surface area contributed by atoms with Crippen LogP contribution in [0.5, 0.6) is 17.2 Å². The quantitative estimate of drug-likeness (QED) is 0.660. The molecule has 2 atom stereocenters. The number of piperidine rings is 1. The second-order valence-electron chi connectivity index (χ2n) is 8.46. The number of hydrogen-bond donors (Lipinski definition) is 1. The molecule has 2 unspecified atom stereocenters. The molecule has 0 bridgehead atoms. The molecule has 1 N–H and O–H groups in total. The van der Waals surface area contributed by atoms with E-state index in [2.05, 4.69) is 5.32 Å². The van der Waals surface area contributed by atoms with E-state index in [1.165, 1.54) is 0 Å². The van der Waals surface area contributed by atoms with Gasteiger partial charge < -0.3 is 24.4 Å². The zero-order valence-electron chi connectivity index (χ0n) is 19.1. The van der Waals surface area contributed by atoms with Crippen LogP contribution in [0.2, 0.25) is 0 Å². The molecule has 2 heterocycles. The SMILES string of the molecule is CCC(NC(=O)C1CCCN(C(=O)CCOc2ccccc2)C1)c1ccc2c(c1)OCCO2. The Balaban J connectivity index is 1.29. The maximum Gasteiger partial charge on any atom is 0.226 e. The third-order valence-electron chi connectivity index (χ3n) is 6.17. The third kappa shape index (κ3) is 5.97. The van der Waals surface area contributed by atoms with Crippen molar-refractivity contribution >= 4 is 11.8 Å². The van der Waals surface area contributed by atoms with Crippen molar-refractivity contribution in [3.8, 4) is 17.2 Å². The number of hydrogen-bond acceptors (Lipinski definition) is 5. The molecule has 2 aliphatic rings. The molecular formula is C26H32N2O5. The van der Waals surface area contributed by atoms with Crippen LogP contribution in [0.25, 0.3) is 0 Å². The number of carbonyl (C=O) groups excluding carboxylic acids is 2. The van der Waals surface area contributed by atoms with Gasteiger partial charge in [-0.05, 0) is 49.1 Å². The van der Waals surface area contributed by atoms with E-state index in [9.17, 15) is 9.59 Å². The predicted molar refractivity (Wildman–Crippen MR) is 124 cm³/mol. The van der Waals surface area contributed by atoms with Crippen LogP contribution >= 0.6 is 0 Å². The van der Waals surface area contributed by atoms with Crippen molar-refractivity contribution in [3.05, 3.63) is 54.1 Å². The van der Waals surface area contributed by atoms with Gasteiger partial charge in [-0.15, -0.1) is 0 Å². The third-order valence-corrected chi connectivity index (χ3v) is 6.17. The second kappa shape index (κ2) is 11.1. The van der Waals surface area contributed by atoms with E-state index in [4.69, 9.17) is 14.2 Å². The van der Waals surface area contributed by atoms with Crippen molar-refractivity contribution in [2.75, 3.05) is 32.9 Å². The summed E-state index contributed by atoms with van der Waals surface area (Å²) in [5.41, 5.74) is 0.997. The fraction of sp³-hybridized carbons (Fsp3) is 0.462. The van der Waals surface area contributed by atoms with E-state index in [0.717, 1.165) is 42.1 Å². The standard InChI is InChI=1S/C26H32N2O5/c1-2-22(19-10-11-23-24(17-19)33-16-15-32-23)27-26(30)20-7-6-13-28(18-20)25(29)12-14-31-21-8-4-3-5-9-21/h3-5,8-11,17,20,22H,2,6-7,12-16,18H2,1H3,(H,27,30). The highest BCUT2D eigenvalue weighted by molar-refractivity contribution is 5.81. The number of carbonyl (C=O) groups is 2. The first-order valence-corrected chi connectivity index (χ1v) is 11.8. The van der Waals surface area contributed by atoms with Crippen molar-refractivity contribution < 1.29 is 23.8 Å². The molecule has 33 heavy (non-hydrogen) atoms. The van der Waals surface area contributed by atoms with E-state index in [1.807, 2.05) is 55.5 Å². The average Bonchev–Trinajstić information content (AvgIpc) is 2.87. The van der Waals surface area contributed by atoms with Crippen molar-refractivity contribution in [1.82, 2.24) is 10.2 Å². The maximum atomic E-state index is 13.1. The van der Waals surface area contributed by atoms with Crippen LogP contribution in [0.3, 0.4) is 0 Å². The summed E-state index contributed by atoms with van der Waals surface area (Å²) in [6.07, 6.45) is 2.67. The van der Waals surface area contributed by atoms with Crippen LogP contribution < -0.4 is 19.5 Å². The molecule has 1 saturated heterocycles. The largest absolute Gasteiger partial charge is 0.493 e. The molecule has 2 aliphatic heterocycles. The minimum atomic E-state index is -0.205. The molecule has 2 aromatic rings. The van der Waals surface area contributed by atoms with Gasteiger partial charge in [-0.2, -0.15) is 0 Å². The van der Waals surface area contributed by atoms with Crippen molar-refractivity contribution in [1.29, 1.82) is 0 Å². The first-order valence-electron chi connectivity index (χ1n) is 11.8. The lowest BCUT2D eigenvalue weighted by Crippen LogP contribution is -2.46. The minimum absolute atomic E-state index is 0.00484. The number of ether oxygens (including phenoxy) is 3. The monoisotopic (exact) mass is 452 g/mol. The highest BCUT2D eigenvalue weighted by Crippen LogP contribution is 2.33. The Morgan fingerprint density at radius 3 is 2.70 bits per heavy atom. The summed E-state index contributed by atoms with van der Waals surface area (Å²) >= 11 is 0. The van der Waals surface area contributed by atoms with Gasteiger partial charge in [-0.1, -0.05) is 31.2 Å². The van der Waals surface area contributed by atoms with Gasteiger partial charge in [0.25, 0.3) is 0 Å². The number of fused-ring (bicyclic) bond motifs is 1. The van der Waals surface area contributed by atoms with E-state index in [0.29, 0.717) is 39.3 Å². The average molecular weight is 453 g/mol. The molecule has 0 radical (unpaired) electrons. The normalized spacial score (nSPS) is 18.3. The van der Waals surface area contributed by atoms with Gasteiger partial charge in [-0.3, -0.25) is 9.59 Å². The van der Waals surface area contributed by atoms with Gasteiger partial charge in [-0.25, -0.2) is 0 Å². The van der Waals surface area contributed by atoms with Crippen molar-refractivity contribution in [3.63, 3.8) is 0 Å². The molecule has 0 aliphatic carbocycles. The van der Waals surface area contributed by atoms with E-state index < -0.39 is 0 Å². The van der Waals surface area contributed by atoms with E-state index in [1.54, 1.807) is 4.90 Å². The van der Waals surface area contributed by atoms with Gasteiger partial charge in [0.15, 0.2) is 11.5 Å². The smallest absolute Gasteiger partial charge is 0.226 e. The Kier molecular flexibility index (Phi) is 7.70. The van der Waals surface area contributed by atoms with Crippen molar-refractivity contribution in [2.24, 2.45) is 5.92 Å². The highest BCUT2D eigenvalue weighted by atomic mass is 16.6. The summed E-state index contributed by atoms with van der Waals surface area (Å²) in [4.78, 5) is 27.5. The molecule has 7 heteroatoms. The number of nitrogens with one attached hydrogen (secondary N) is 1. The minimum Gasteiger partial charge on any atom is -0.493 e. The maximum absolute atomic E-state index is 13.1. The van der Waals surface area contributed by atoms with Crippen LogP contribution in [0.4, 0.5) is 0 Å². The molecule has 0 spiro atoms. The zero-order valence-corrected chi connectivity index (χ0v) is 19.1. The Morgan fingerprint density at radius 2 is 1.91 bits per heavy atom. The lowest BCUT2D eigenvalue weighted by atomic mass is 9.95. The molecule has 0 saturated carbocycles. The lowest BCUT2D eigenvalue weighted by molar-refractivity contribution is -0.136. The predicted octanol–water partition coefficient (Wildman–Crippen LogP) is 3.73. The van der Waals surface area contributed by atoms with Crippen LogP contribution in [0.1, 0.15) is 44.2 Å². The number of rotatable bonds is 8. The molecule has 1 fully saturated rings. The topological polar surface area (TPSA) is 77.1 Å². The van der Waals surface area contributed by atoms with Crippen LogP contribution in [-0.2, 0) is 9.59 Å². The van der Waals surface area contributed by atoms with Gasteiger partial charge in [0.2, 0.25) is 11.8 Å². The fourth-order valence-corrected chi connectivity index (χ4v) is 4.34. The van der Waals surface area contributed by atoms with Gasteiger partial charge >= 0.3 is 0 Å². The van der Waals surface area contributed by atoms with Crippen molar-refractivity contribution in [2.45, 2.75) is 38.6 Å². The number of amides is 2. The summed E-state index contributed by atoms with van der Waals surface area (Å²) < 4.78 is 16.9. The summed E-state index contributed by atoms with van der Waals surface area (Å²) in [6, 6.07) is 15.2. The number of nitrogens with zero attached hydrogens (tertiary/aromatic N) is 1. The van der Waals surface area contributed by atoms with Gasteiger partial charge in [0.1, 0.15) is 19.0 Å². The first-order chi connectivity index (χ1) is 16.1. The second-order valence-corrected chi connectivity index (χ2v) is 8.46. The molecule has 4 rings (SSSR count). The summed E-state index contributed by atoms with van der Waals surface area (Å²) in [7, 11) is 0. The number of benzene rings is 2. The van der Waals surface area contributed by atoms with E-state index in [-0.39, 0.29) is 23.8 Å². The molecule has 176 valence electrons. The van der Waals surface area contributed by atoms with Crippen LogP contribution in [-0.4, -0.2) is 49.6 Å². The van der Waals surface area contributed by atoms with Crippen LogP contribution in [0.15, 0.2) is 48.5 Å². The van der Waals surface area contributed by atoms with Gasteiger partial charge in [0, 0.05) is 13.1 Å². The van der Waals surface area contributed by atoms with Crippen LogP contribution in [0, 0.1) is 5.92 Å². The summed E-state index contributed by atoms with van der Waals surface area (Å²) in [6.45, 7) is 4.60. The lowest BCUT2D eigenvalue weighted by Gasteiger charge is -2.33. The molecular weight excluding hydrogens is 420 g/mol. The summed E-state index contributed by atoms with van der Waals surface area (Å²) in [5, 5.41) is 3.19. The first kappa shape index (κ1) is 23.0. The summed E-state index contributed by atoms with van der Waals surface area (Å²) in [5.74, 6) is 2.04. The fourth-order valence-electron chi connectivity index (χ4n) is 4.34. The zero-order chi connectivity index (χ0) is 23.0. The Morgan fingerprint density at radius 1 is 1.12 bits per heavy atom. The number of likely N-dealkylation sites (tertiary alicyclic amines) is 1. The Bertz CT molecular complexity index is 949. The molecule has 0 aromatic heterocycles. The molecule has 2 aromatic carbocycles. The van der Waals surface area contributed by atoms with Gasteiger partial charge in [0.05, 0.1) is 25.0 Å². The Labute approximate surface area is 195 Å². The highest BCUT2D eigenvalue weighted by Gasteiger charge is 2.29.